The number of unbranched alkanes of at least 4 members (excludes halogenated alkanes) is 1. The molecule has 0 bridgehead atoms. The van der Waals surface area contributed by atoms with E-state index in [4.69, 9.17) is 4.74 Å². The molecule has 2 aliphatic heterocycles. The maximum absolute atomic E-state index is 12.3. The molecule has 0 spiro atoms. The quantitative estimate of drug-likeness (QED) is 0.720. The van der Waals surface area contributed by atoms with E-state index in [9.17, 15) is 9.59 Å². The summed E-state index contributed by atoms with van der Waals surface area (Å²) in [4.78, 5) is 30.3. The van der Waals surface area contributed by atoms with E-state index in [1.54, 1.807) is 0 Å². The minimum Gasteiger partial charge on any atom is -0.379 e. The molecule has 2 saturated heterocycles. The number of morpholine rings is 1. The number of ether oxygens (including phenoxy) is 1. The summed E-state index contributed by atoms with van der Waals surface area (Å²) in [6, 6.07) is 0. The van der Waals surface area contributed by atoms with Crippen molar-refractivity contribution in [1.29, 1.82) is 0 Å². The number of amides is 2. The Morgan fingerprint density at radius 3 is 1.95 bits per heavy atom. The molecule has 2 aliphatic rings. The number of hydrogen-bond acceptors (Lipinski definition) is 4. The van der Waals surface area contributed by atoms with Gasteiger partial charge in [-0.2, -0.15) is 0 Å². The fourth-order valence-corrected chi connectivity index (χ4v) is 2.93. The topological polar surface area (TPSA) is 53.1 Å². The van der Waals surface area contributed by atoms with Crippen LogP contribution in [0.4, 0.5) is 0 Å². The molecule has 2 amide bonds. The highest BCUT2D eigenvalue weighted by Gasteiger charge is 2.24. The van der Waals surface area contributed by atoms with E-state index in [1.165, 1.54) is 0 Å². The van der Waals surface area contributed by atoms with Crippen LogP contribution in [0.2, 0.25) is 0 Å². The molecule has 2 fully saturated rings. The molecule has 2 heterocycles. The summed E-state index contributed by atoms with van der Waals surface area (Å²) in [5, 5.41) is 0. The predicted octanol–water partition coefficient (Wildman–Crippen LogP) is 0.570. The first kappa shape index (κ1) is 17.2. The van der Waals surface area contributed by atoms with Gasteiger partial charge in [-0.15, -0.1) is 0 Å². The van der Waals surface area contributed by atoms with Gasteiger partial charge in [0.15, 0.2) is 0 Å². The fourth-order valence-electron chi connectivity index (χ4n) is 2.93. The molecule has 0 aromatic heterocycles. The second kappa shape index (κ2) is 9.10. The molecule has 0 unspecified atom stereocenters. The summed E-state index contributed by atoms with van der Waals surface area (Å²) in [7, 11) is 0. The molecule has 0 atom stereocenters. The highest BCUT2D eigenvalue weighted by molar-refractivity contribution is 5.78. The molecule has 0 aliphatic carbocycles. The molecule has 126 valence electrons. The Morgan fingerprint density at radius 1 is 0.864 bits per heavy atom. The summed E-state index contributed by atoms with van der Waals surface area (Å²) < 4.78 is 5.31. The number of rotatable bonds is 6. The minimum atomic E-state index is 0.215. The van der Waals surface area contributed by atoms with Gasteiger partial charge in [-0.05, 0) is 6.42 Å². The van der Waals surface area contributed by atoms with E-state index in [0.717, 1.165) is 45.7 Å². The monoisotopic (exact) mass is 311 g/mol. The number of piperazine rings is 1. The third kappa shape index (κ3) is 5.25. The van der Waals surface area contributed by atoms with Crippen molar-refractivity contribution in [1.82, 2.24) is 14.7 Å². The lowest BCUT2D eigenvalue weighted by atomic mass is 10.2. The number of hydrogen-bond donors (Lipinski definition) is 0. The average molecular weight is 311 g/mol. The van der Waals surface area contributed by atoms with Gasteiger partial charge >= 0.3 is 0 Å². The van der Waals surface area contributed by atoms with Gasteiger partial charge in [-0.25, -0.2) is 0 Å². The first-order valence-corrected chi connectivity index (χ1v) is 8.56. The van der Waals surface area contributed by atoms with Crippen LogP contribution in [-0.2, 0) is 14.3 Å². The largest absolute Gasteiger partial charge is 0.379 e. The van der Waals surface area contributed by atoms with Crippen molar-refractivity contribution in [3.05, 3.63) is 0 Å². The van der Waals surface area contributed by atoms with Gasteiger partial charge in [0.05, 0.1) is 13.2 Å². The number of nitrogens with zero attached hydrogens (tertiary/aromatic N) is 3. The Balaban J connectivity index is 1.65. The summed E-state index contributed by atoms with van der Waals surface area (Å²) >= 11 is 0. The number of carbonyl (C=O) groups is 2. The maximum Gasteiger partial charge on any atom is 0.223 e. The van der Waals surface area contributed by atoms with Crippen molar-refractivity contribution in [3.8, 4) is 0 Å². The van der Waals surface area contributed by atoms with E-state index in [2.05, 4.69) is 11.8 Å². The maximum atomic E-state index is 12.3. The van der Waals surface area contributed by atoms with Crippen LogP contribution < -0.4 is 0 Å². The summed E-state index contributed by atoms with van der Waals surface area (Å²) in [6.07, 6.45) is 3.22. The summed E-state index contributed by atoms with van der Waals surface area (Å²) in [5.41, 5.74) is 0. The zero-order valence-electron chi connectivity index (χ0n) is 13.8. The van der Waals surface area contributed by atoms with E-state index >= 15 is 0 Å². The zero-order valence-corrected chi connectivity index (χ0v) is 13.8. The van der Waals surface area contributed by atoms with Gasteiger partial charge in [0.1, 0.15) is 0 Å². The van der Waals surface area contributed by atoms with Crippen LogP contribution in [0.15, 0.2) is 0 Å². The molecule has 0 aromatic rings. The Hall–Kier alpha value is -1.14. The lowest BCUT2D eigenvalue weighted by Crippen LogP contribution is -2.51. The third-order valence-corrected chi connectivity index (χ3v) is 4.47. The lowest BCUT2D eigenvalue weighted by molar-refractivity contribution is -0.139. The lowest BCUT2D eigenvalue weighted by Gasteiger charge is -2.35. The molecular weight excluding hydrogens is 282 g/mol. The van der Waals surface area contributed by atoms with Crippen molar-refractivity contribution < 1.29 is 14.3 Å². The summed E-state index contributed by atoms with van der Waals surface area (Å²) in [6.45, 7) is 9.03. The molecule has 0 N–H and O–H groups in total. The second-order valence-electron chi connectivity index (χ2n) is 6.07. The molecule has 0 aromatic carbocycles. The predicted molar refractivity (Wildman–Crippen MR) is 84.6 cm³/mol. The second-order valence-corrected chi connectivity index (χ2v) is 6.07. The van der Waals surface area contributed by atoms with Crippen molar-refractivity contribution in [2.75, 3.05) is 59.0 Å². The molecule has 22 heavy (non-hydrogen) atoms. The van der Waals surface area contributed by atoms with Crippen LogP contribution in [0, 0.1) is 0 Å². The van der Waals surface area contributed by atoms with Crippen molar-refractivity contribution in [2.24, 2.45) is 0 Å². The van der Waals surface area contributed by atoms with Crippen LogP contribution in [0.3, 0.4) is 0 Å². The molecule has 2 rings (SSSR count). The molecule has 6 heteroatoms. The van der Waals surface area contributed by atoms with Gasteiger partial charge in [-0.3, -0.25) is 14.5 Å². The van der Waals surface area contributed by atoms with Crippen LogP contribution >= 0.6 is 0 Å². The van der Waals surface area contributed by atoms with Crippen LogP contribution in [0.25, 0.3) is 0 Å². The highest BCUT2D eigenvalue weighted by atomic mass is 16.5. The minimum absolute atomic E-state index is 0.215. The Labute approximate surface area is 133 Å². The molecule has 6 nitrogen and oxygen atoms in total. The van der Waals surface area contributed by atoms with E-state index in [1.807, 2.05) is 9.80 Å². The summed E-state index contributed by atoms with van der Waals surface area (Å²) in [5.74, 6) is 0.453. The first-order chi connectivity index (χ1) is 10.7. The smallest absolute Gasteiger partial charge is 0.223 e. The van der Waals surface area contributed by atoms with Gasteiger partial charge < -0.3 is 14.5 Å². The fraction of sp³-hybridized carbons (Fsp3) is 0.875. The van der Waals surface area contributed by atoms with Gasteiger partial charge in [-0.1, -0.05) is 13.3 Å². The number of carbonyl (C=O) groups excluding carboxylic acids is 2. The third-order valence-electron chi connectivity index (χ3n) is 4.47. The normalized spacial score (nSPS) is 20.2. The van der Waals surface area contributed by atoms with Gasteiger partial charge in [0, 0.05) is 58.7 Å². The van der Waals surface area contributed by atoms with E-state index in [-0.39, 0.29) is 11.8 Å². The van der Waals surface area contributed by atoms with E-state index in [0.29, 0.717) is 39.0 Å². The van der Waals surface area contributed by atoms with Crippen molar-refractivity contribution in [3.63, 3.8) is 0 Å². The molecular formula is C16H29N3O3. The van der Waals surface area contributed by atoms with Crippen LogP contribution in [0.5, 0.6) is 0 Å². The highest BCUT2D eigenvalue weighted by Crippen LogP contribution is 2.08. The SMILES string of the molecule is CCCCC(=O)N1CCN(C(=O)CCN2CCOCC2)CC1. The van der Waals surface area contributed by atoms with Gasteiger partial charge in [0.25, 0.3) is 0 Å². The zero-order chi connectivity index (χ0) is 15.8. The molecule has 0 radical (unpaired) electrons. The van der Waals surface area contributed by atoms with E-state index < -0.39 is 0 Å². The first-order valence-electron chi connectivity index (χ1n) is 8.56. The van der Waals surface area contributed by atoms with Crippen LogP contribution in [-0.4, -0.2) is 85.5 Å². The standard InChI is InChI=1S/C16H29N3O3/c1-2-3-4-15(20)18-7-9-19(10-8-18)16(21)5-6-17-11-13-22-14-12-17/h2-14H2,1H3. The average Bonchev–Trinajstić information content (AvgIpc) is 2.58. The van der Waals surface area contributed by atoms with Gasteiger partial charge in [0.2, 0.25) is 11.8 Å². The Kier molecular flexibility index (Phi) is 7.12. The van der Waals surface area contributed by atoms with Crippen molar-refractivity contribution >= 4 is 11.8 Å². The molecule has 0 saturated carbocycles. The Bertz CT molecular complexity index is 362. The van der Waals surface area contributed by atoms with Crippen LogP contribution in [0.1, 0.15) is 32.6 Å². The Morgan fingerprint density at radius 2 is 1.41 bits per heavy atom. The van der Waals surface area contributed by atoms with Crippen molar-refractivity contribution in [2.45, 2.75) is 32.6 Å².